The topological polar surface area (TPSA) is 94.5 Å². The Labute approximate surface area is 197 Å². The lowest BCUT2D eigenvalue weighted by Crippen LogP contribution is -2.33. The first-order chi connectivity index (χ1) is 16.2. The maximum absolute atomic E-state index is 13.4. The predicted octanol–water partition coefficient (Wildman–Crippen LogP) is 3.21. The van der Waals surface area contributed by atoms with Gasteiger partial charge in [-0.25, -0.2) is 12.8 Å². The Morgan fingerprint density at radius 2 is 1.85 bits per heavy atom. The van der Waals surface area contributed by atoms with Crippen molar-refractivity contribution in [3.05, 3.63) is 82.4 Å². The quantitative estimate of drug-likeness (QED) is 0.411. The van der Waals surface area contributed by atoms with E-state index >= 15 is 0 Å². The molecule has 2 aromatic carbocycles. The van der Waals surface area contributed by atoms with E-state index < -0.39 is 21.6 Å². The average Bonchev–Trinajstić information content (AvgIpc) is 3.07. The Kier molecular flexibility index (Phi) is 6.56. The number of esters is 1. The Morgan fingerprint density at radius 3 is 2.56 bits per heavy atom. The van der Waals surface area contributed by atoms with E-state index in [0.29, 0.717) is 35.3 Å². The summed E-state index contributed by atoms with van der Waals surface area (Å²) in [5, 5.41) is 2.84. The molecule has 178 valence electrons. The molecule has 0 radical (unpaired) electrons. The van der Waals surface area contributed by atoms with E-state index in [-0.39, 0.29) is 35.3 Å². The van der Waals surface area contributed by atoms with Crippen molar-refractivity contribution in [2.24, 2.45) is 0 Å². The van der Waals surface area contributed by atoms with Crippen LogP contribution < -0.4 is 5.32 Å². The highest BCUT2D eigenvalue weighted by Crippen LogP contribution is 2.31. The standard InChI is InChI=1S/C25H25FN2O5S/c1-3-33-23(29)15-28-16(2)20(24-21(28)12-13-27-25(24)30)14-17-6-4-5-7-22(17)34(31,32)19-10-8-18(26)9-11-19/h4-11H,3,12-15H2,1-2H3,(H,27,30). The molecule has 34 heavy (non-hydrogen) atoms. The van der Waals surface area contributed by atoms with Crippen LogP contribution in [0.15, 0.2) is 58.3 Å². The number of halogens is 1. The first-order valence-corrected chi connectivity index (χ1v) is 12.5. The van der Waals surface area contributed by atoms with Gasteiger partial charge in [0, 0.05) is 30.8 Å². The van der Waals surface area contributed by atoms with E-state index in [9.17, 15) is 22.4 Å². The summed E-state index contributed by atoms with van der Waals surface area (Å²) in [5.74, 6) is -1.18. The SMILES string of the molecule is CCOC(=O)Cn1c(C)c(Cc2ccccc2S(=O)(=O)c2ccc(F)cc2)c2c1CCNC2=O. The molecular weight excluding hydrogens is 459 g/mol. The number of hydrogen-bond donors (Lipinski definition) is 1. The Balaban J connectivity index is 1.80. The fraction of sp³-hybridized carbons (Fsp3) is 0.280. The minimum Gasteiger partial charge on any atom is -0.465 e. The van der Waals surface area contributed by atoms with Gasteiger partial charge < -0.3 is 14.6 Å². The lowest BCUT2D eigenvalue weighted by Gasteiger charge is -2.17. The van der Waals surface area contributed by atoms with Crippen molar-refractivity contribution in [3.63, 3.8) is 0 Å². The van der Waals surface area contributed by atoms with Crippen LogP contribution in [-0.2, 0) is 38.8 Å². The van der Waals surface area contributed by atoms with Crippen LogP contribution in [0, 0.1) is 12.7 Å². The van der Waals surface area contributed by atoms with E-state index in [1.54, 1.807) is 29.7 Å². The number of fused-ring (bicyclic) bond motifs is 1. The third kappa shape index (κ3) is 4.35. The smallest absolute Gasteiger partial charge is 0.325 e. The number of nitrogens with one attached hydrogen (secondary N) is 1. The molecule has 0 saturated heterocycles. The summed E-state index contributed by atoms with van der Waals surface area (Å²) in [6.45, 7) is 4.23. The highest BCUT2D eigenvalue weighted by Gasteiger charge is 2.30. The van der Waals surface area contributed by atoms with Crippen molar-refractivity contribution in [1.82, 2.24) is 9.88 Å². The third-order valence-corrected chi connectivity index (χ3v) is 7.85. The molecule has 4 rings (SSSR count). The van der Waals surface area contributed by atoms with Crippen molar-refractivity contribution in [1.29, 1.82) is 0 Å². The maximum atomic E-state index is 13.4. The van der Waals surface area contributed by atoms with E-state index in [2.05, 4.69) is 5.32 Å². The van der Waals surface area contributed by atoms with Crippen LogP contribution in [0.4, 0.5) is 4.39 Å². The van der Waals surface area contributed by atoms with E-state index in [1.165, 1.54) is 18.2 Å². The normalized spacial score (nSPS) is 13.3. The first-order valence-electron chi connectivity index (χ1n) is 11.0. The highest BCUT2D eigenvalue weighted by molar-refractivity contribution is 7.91. The van der Waals surface area contributed by atoms with Gasteiger partial charge in [-0.05, 0) is 55.3 Å². The zero-order valence-corrected chi connectivity index (χ0v) is 19.7. The van der Waals surface area contributed by atoms with E-state index in [4.69, 9.17) is 4.74 Å². The monoisotopic (exact) mass is 484 g/mol. The minimum atomic E-state index is -3.92. The zero-order chi connectivity index (χ0) is 24.5. The molecule has 2 heterocycles. The van der Waals surface area contributed by atoms with Crippen LogP contribution in [0.2, 0.25) is 0 Å². The maximum Gasteiger partial charge on any atom is 0.325 e. The number of aromatic nitrogens is 1. The van der Waals surface area contributed by atoms with Crippen molar-refractivity contribution in [2.45, 2.75) is 43.0 Å². The van der Waals surface area contributed by atoms with E-state index in [1.807, 2.05) is 6.92 Å². The molecule has 1 aliphatic heterocycles. The molecule has 9 heteroatoms. The predicted molar refractivity (Wildman–Crippen MR) is 123 cm³/mol. The van der Waals surface area contributed by atoms with Gasteiger partial charge in [-0.1, -0.05) is 18.2 Å². The lowest BCUT2D eigenvalue weighted by molar-refractivity contribution is -0.143. The second kappa shape index (κ2) is 9.42. The molecule has 0 bridgehead atoms. The summed E-state index contributed by atoms with van der Waals surface area (Å²) in [6, 6.07) is 11.2. The second-order valence-electron chi connectivity index (χ2n) is 8.02. The summed E-state index contributed by atoms with van der Waals surface area (Å²) in [5.41, 5.74) is 3.09. The Hall–Kier alpha value is -3.46. The zero-order valence-electron chi connectivity index (χ0n) is 18.9. The summed E-state index contributed by atoms with van der Waals surface area (Å²) < 4.78 is 46.9. The number of rotatable bonds is 7. The number of hydrogen-bond acceptors (Lipinski definition) is 5. The van der Waals surface area contributed by atoms with Crippen LogP contribution in [0.25, 0.3) is 0 Å². The van der Waals surface area contributed by atoms with Gasteiger partial charge in [0.1, 0.15) is 12.4 Å². The van der Waals surface area contributed by atoms with Crippen molar-refractivity contribution in [3.8, 4) is 0 Å². The summed E-state index contributed by atoms with van der Waals surface area (Å²) in [7, 11) is -3.92. The van der Waals surface area contributed by atoms with E-state index in [0.717, 1.165) is 17.8 Å². The number of carbonyl (C=O) groups excluding carboxylic acids is 2. The van der Waals surface area contributed by atoms with Gasteiger partial charge in [-0.3, -0.25) is 9.59 Å². The Bertz CT molecular complexity index is 1360. The van der Waals surface area contributed by atoms with Crippen LogP contribution in [0.5, 0.6) is 0 Å². The molecule has 0 fully saturated rings. The summed E-state index contributed by atoms with van der Waals surface area (Å²) in [6.07, 6.45) is 0.727. The van der Waals surface area contributed by atoms with Crippen LogP contribution in [-0.4, -0.2) is 38.0 Å². The number of amides is 1. The van der Waals surface area contributed by atoms with Gasteiger partial charge in [0.2, 0.25) is 9.84 Å². The number of carbonyl (C=O) groups is 2. The van der Waals surface area contributed by atoms with Gasteiger partial charge in [-0.15, -0.1) is 0 Å². The van der Waals surface area contributed by atoms with Crippen LogP contribution >= 0.6 is 0 Å². The molecule has 0 unspecified atom stereocenters. The summed E-state index contributed by atoms with van der Waals surface area (Å²) in [4.78, 5) is 25.1. The van der Waals surface area contributed by atoms with Gasteiger partial charge in [0.15, 0.2) is 0 Å². The number of benzene rings is 2. The Morgan fingerprint density at radius 1 is 1.15 bits per heavy atom. The second-order valence-corrected chi connectivity index (χ2v) is 9.94. The molecule has 1 N–H and O–H groups in total. The fourth-order valence-corrected chi connectivity index (χ4v) is 5.87. The van der Waals surface area contributed by atoms with Gasteiger partial charge in [0.05, 0.1) is 22.0 Å². The first kappa shape index (κ1) is 23.7. The number of nitrogens with zero attached hydrogens (tertiary/aromatic N) is 1. The molecule has 0 atom stereocenters. The molecule has 0 aliphatic carbocycles. The molecular formula is C25H25FN2O5S. The average molecular weight is 485 g/mol. The largest absolute Gasteiger partial charge is 0.465 e. The lowest BCUT2D eigenvalue weighted by atomic mass is 9.97. The number of ether oxygens (including phenoxy) is 1. The van der Waals surface area contributed by atoms with Gasteiger partial charge in [-0.2, -0.15) is 0 Å². The van der Waals surface area contributed by atoms with Crippen molar-refractivity contribution < 1.29 is 27.1 Å². The highest BCUT2D eigenvalue weighted by atomic mass is 32.2. The molecule has 3 aromatic rings. The van der Waals surface area contributed by atoms with Gasteiger partial charge >= 0.3 is 5.97 Å². The molecule has 0 spiro atoms. The molecule has 0 saturated carbocycles. The molecule has 1 aromatic heterocycles. The molecule has 1 amide bonds. The van der Waals surface area contributed by atoms with Gasteiger partial charge in [0.25, 0.3) is 5.91 Å². The van der Waals surface area contributed by atoms with Crippen LogP contribution in [0.3, 0.4) is 0 Å². The van der Waals surface area contributed by atoms with Crippen LogP contribution in [0.1, 0.15) is 39.8 Å². The molecule has 1 aliphatic rings. The minimum absolute atomic E-state index is 0.0160. The number of sulfone groups is 1. The summed E-state index contributed by atoms with van der Waals surface area (Å²) >= 11 is 0. The van der Waals surface area contributed by atoms with Crippen molar-refractivity contribution in [2.75, 3.05) is 13.2 Å². The van der Waals surface area contributed by atoms with Crippen molar-refractivity contribution >= 4 is 21.7 Å². The third-order valence-electron chi connectivity index (χ3n) is 5.98. The molecule has 7 nitrogen and oxygen atoms in total. The fourth-order valence-electron chi connectivity index (χ4n) is 4.38.